The van der Waals surface area contributed by atoms with Crippen LogP contribution in [0.5, 0.6) is 0 Å². The lowest BCUT2D eigenvalue weighted by Crippen LogP contribution is -2.43. The van der Waals surface area contributed by atoms with Crippen molar-refractivity contribution in [2.75, 3.05) is 13.1 Å². The molecule has 2 nitrogen and oxygen atoms in total. The number of hydrogen-bond donors (Lipinski definition) is 1. The number of likely N-dealkylation sites (tertiary alicyclic amines) is 1. The summed E-state index contributed by atoms with van der Waals surface area (Å²) in [6.07, 6.45) is 3.55. The molecule has 0 radical (unpaired) electrons. The molecule has 0 aromatic heterocycles. The molecule has 0 spiro atoms. The van der Waals surface area contributed by atoms with E-state index in [0.717, 1.165) is 19.4 Å². The third kappa shape index (κ3) is 2.68. The van der Waals surface area contributed by atoms with E-state index in [1.54, 1.807) is 18.2 Å². The third-order valence-corrected chi connectivity index (χ3v) is 4.11. The molecule has 1 aromatic carbocycles. The first-order valence-corrected chi connectivity index (χ1v) is 6.92. The molecule has 2 atom stereocenters. The predicted octanol–water partition coefficient (Wildman–Crippen LogP) is 3.35. The Labute approximate surface area is 113 Å². The van der Waals surface area contributed by atoms with E-state index < -0.39 is 0 Å². The Bertz CT molecular complexity index is 411. The van der Waals surface area contributed by atoms with Crippen LogP contribution in [0.3, 0.4) is 0 Å². The molecule has 1 fully saturated rings. The van der Waals surface area contributed by atoms with Gasteiger partial charge in [-0.1, -0.05) is 30.2 Å². The van der Waals surface area contributed by atoms with Gasteiger partial charge >= 0.3 is 0 Å². The second-order valence-corrected chi connectivity index (χ2v) is 5.38. The average Bonchev–Trinajstić information content (AvgIpc) is 2.37. The molecule has 0 amide bonds. The van der Waals surface area contributed by atoms with E-state index >= 15 is 0 Å². The number of piperidine rings is 1. The summed E-state index contributed by atoms with van der Waals surface area (Å²) in [6.45, 7) is 3.58. The van der Waals surface area contributed by atoms with Crippen molar-refractivity contribution in [3.05, 3.63) is 34.6 Å². The predicted molar refractivity (Wildman–Crippen MR) is 73.2 cm³/mol. The van der Waals surface area contributed by atoms with Crippen molar-refractivity contribution in [3.63, 3.8) is 0 Å². The lowest BCUT2D eigenvalue weighted by molar-refractivity contribution is 0.107. The summed E-state index contributed by atoms with van der Waals surface area (Å²) < 4.78 is 14.1. The maximum atomic E-state index is 14.1. The summed E-state index contributed by atoms with van der Waals surface area (Å²) in [5.74, 6) is -0.326. The first kappa shape index (κ1) is 13.8. The van der Waals surface area contributed by atoms with E-state index in [9.17, 15) is 4.39 Å². The van der Waals surface area contributed by atoms with E-state index in [0.29, 0.717) is 18.2 Å². The van der Waals surface area contributed by atoms with Gasteiger partial charge < -0.3 is 5.73 Å². The van der Waals surface area contributed by atoms with Gasteiger partial charge in [-0.2, -0.15) is 0 Å². The quantitative estimate of drug-likeness (QED) is 0.913. The van der Waals surface area contributed by atoms with Crippen molar-refractivity contribution in [3.8, 4) is 0 Å². The molecule has 0 saturated carbocycles. The van der Waals surface area contributed by atoms with Gasteiger partial charge in [0.1, 0.15) is 5.82 Å². The van der Waals surface area contributed by atoms with Crippen LogP contribution in [-0.2, 0) is 0 Å². The highest BCUT2D eigenvalue weighted by Crippen LogP contribution is 2.31. The molecule has 1 aliphatic rings. The molecule has 0 aliphatic carbocycles. The maximum Gasteiger partial charge on any atom is 0.146 e. The highest BCUT2D eigenvalue weighted by Gasteiger charge is 2.28. The number of benzene rings is 1. The molecule has 4 heteroatoms. The highest BCUT2D eigenvalue weighted by molar-refractivity contribution is 6.30. The maximum absolute atomic E-state index is 14.1. The average molecular weight is 271 g/mol. The van der Waals surface area contributed by atoms with Crippen LogP contribution < -0.4 is 5.73 Å². The molecule has 18 heavy (non-hydrogen) atoms. The zero-order chi connectivity index (χ0) is 13.1. The van der Waals surface area contributed by atoms with Gasteiger partial charge in [0.15, 0.2) is 0 Å². The van der Waals surface area contributed by atoms with Gasteiger partial charge in [0.05, 0.1) is 11.1 Å². The SMILES string of the molecule is CC1CCCCN1C(CN)c1cccc(Cl)c1F. The van der Waals surface area contributed by atoms with Crippen LogP contribution in [0.2, 0.25) is 5.02 Å². The molecule has 1 aromatic rings. The van der Waals surface area contributed by atoms with Crippen molar-refractivity contribution in [1.29, 1.82) is 0 Å². The van der Waals surface area contributed by atoms with Crippen LogP contribution in [0.15, 0.2) is 18.2 Å². The fourth-order valence-electron chi connectivity index (χ4n) is 2.80. The van der Waals surface area contributed by atoms with Crippen molar-refractivity contribution in [2.24, 2.45) is 5.73 Å². The molecule has 1 aliphatic heterocycles. The van der Waals surface area contributed by atoms with Crippen molar-refractivity contribution < 1.29 is 4.39 Å². The molecular weight excluding hydrogens is 251 g/mol. The highest BCUT2D eigenvalue weighted by atomic mass is 35.5. The molecule has 1 saturated heterocycles. The fraction of sp³-hybridized carbons (Fsp3) is 0.571. The Hall–Kier alpha value is -0.640. The van der Waals surface area contributed by atoms with Gasteiger partial charge in [-0.05, 0) is 32.4 Å². The second-order valence-electron chi connectivity index (χ2n) is 4.98. The van der Waals surface area contributed by atoms with Crippen LogP contribution in [0.25, 0.3) is 0 Å². The summed E-state index contributed by atoms with van der Waals surface area (Å²) in [4.78, 5) is 2.30. The van der Waals surface area contributed by atoms with Crippen LogP contribution >= 0.6 is 11.6 Å². The monoisotopic (exact) mass is 270 g/mol. The standard InChI is InChI=1S/C14H20ClFN2/c1-10-5-2-3-8-18(10)13(9-17)11-6-4-7-12(15)14(11)16/h4,6-7,10,13H,2-3,5,8-9,17H2,1H3. The summed E-state index contributed by atoms with van der Waals surface area (Å²) in [5.41, 5.74) is 6.49. The molecular formula is C14H20ClFN2. The number of halogens is 2. The van der Waals surface area contributed by atoms with Crippen molar-refractivity contribution in [1.82, 2.24) is 4.90 Å². The molecule has 2 rings (SSSR count). The summed E-state index contributed by atoms with van der Waals surface area (Å²) in [6, 6.07) is 5.54. The van der Waals surface area contributed by atoms with Gasteiger partial charge in [-0.15, -0.1) is 0 Å². The third-order valence-electron chi connectivity index (χ3n) is 3.82. The first-order chi connectivity index (χ1) is 8.65. The smallest absolute Gasteiger partial charge is 0.146 e. The van der Waals surface area contributed by atoms with Gasteiger partial charge in [0.25, 0.3) is 0 Å². The Balaban J connectivity index is 2.29. The van der Waals surface area contributed by atoms with E-state index in [-0.39, 0.29) is 16.9 Å². The van der Waals surface area contributed by atoms with E-state index in [1.165, 1.54) is 6.42 Å². The second kappa shape index (κ2) is 6.00. The Morgan fingerprint density at radius 1 is 1.50 bits per heavy atom. The van der Waals surface area contributed by atoms with Crippen LogP contribution in [0, 0.1) is 5.82 Å². The van der Waals surface area contributed by atoms with Gasteiger partial charge in [0, 0.05) is 18.2 Å². The van der Waals surface area contributed by atoms with Gasteiger partial charge in [-0.3, -0.25) is 4.90 Å². The summed E-state index contributed by atoms with van der Waals surface area (Å²) >= 11 is 5.86. The van der Waals surface area contributed by atoms with Crippen LogP contribution in [0.4, 0.5) is 4.39 Å². The molecule has 2 unspecified atom stereocenters. The zero-order valence-corrected chi connectivity index (χ0v) is 11.5. The summed E-state index contributed by atoms with van der Waals surface area (Å²) in [7, 11) is 0. The fourth-order valence-corrected chi connectivity index (χ4v) is 2.98. The van der Waals surface area contributed by atoms with E-state index in [1.807, 2.05) is 0 Å². The van der Waals surface area contributed by atoms with Crippen molar-refractivity contribution in [2.45, 2.75) is 38.3 Å². The molecule has 1 heterocycles. The minimum atomic E-state index is -0.326. The molecule has 2 N–H and O–H groups in total. The normalized spacial score (nSPS) is 23.0. The van der Waals surface area contributed by atoms with Crippen molar-refractivity contribution >= 4 is 11.6 Å². The topological polar surface area (TPSA) is 29.3 Å². The number of nitrogens with two attached hydrogens (primary N) is 1. The Kier molecular flexibility index (Phi) is 4.60. The van der Waals surface area contributed by atoms with Crippen LogP contribution in [-0.4, -0.2) is 24.0 Å². The van der Waals surface area contributed by atoms with E-state index in [2.05, 4.69) is 11.8 Å². The first-order valence-electron chi connectivity index (χ1n) is 6.55. The zero-order valence-electron chi connectivity index (χ0n) is 10.7. The minimum absolute atomic E-state index is 0.0704. The van der Waals surface area contributed by atoms with E-state index in [4.69, 9.17) is 17.3 Å². The molecule has 0 bridgehead atoms. The van der Waals surface area contributed by atoms with Gasteiger partial charge in [0.2, 0.25) is 0 Å². The minimum Gasteiger partial charge on any atom is -0.329 e. The van der Waals surface area contributed by atoms with Gasteiger partial charge in [-0.25, -0.2) is 4.39 Å². The Morgan fingerprint density at radius 3 is 2.94 bits per heavy atom. The largest absolute Gasteiger partial charge is 0.329 e. The number of hydrogen-bond acceptors (Lipinski definition) is 2. The lowest BCUT2D eigenvalue weighted by atomic mass is 9.97. The lowest BCUT2D eigenvalue weighted by Gasteiger charge is -2.39. The van der Waals surface area contributed by atoms with Crippen LogP contribution in [0.1, 0.15) is 37.8 Å². The molecule has 100 valence electrons. The number of nitrogens with zero attached hydrogens (tertiary/aromatic N) is 1. The Morgan fingerprint density at radius 2 is 2.28 bits per heavy atom. The summed E-state index contributed by atoms with van der Waals surface area (Å²) in [5, 5.41) is 0.176. The number of rotatable bonds is 3.